The number of fused-ring (bicyclic) bond motifs is 1. The summed E-state index contributed by atoms with van der Waals surface area (Å²) in [5, 5.41) is 12.9. The van der Waals surface area contributed by atoms with Crippen molar-refractivity contribution in [1.82, 2.24) is 14.9 Å². The van der Waals surface area contributed by atoms with Gasteiger partial charge in [0.05, 0.1) is 19.8 Å². The molecule has 1 aromatic carbocycles. The van der Waals surface area contributed by atoms with E-state index >= 15 is 0 Å². The van der Waals surface area contributed by atoms with Crippen LogP contribution in [0.2, 0.25) is 0 Å². The van der Waals surface area contributed by atoms with Gasteiger partial charge in [0, 0.05) is 12.0 Å². The lowest BCUT2D eigenvalue weighted by atomic mass is 9.85. The van der Waals surface area contributed by atoms with E-state index in [1.165, 1.54) is 16.7 Å². The van der Waals surface area contributed by atoms with Crippen molar-refractivity contribution in [2.75, 3.05) is 13.2 Å². The molecule has 7 nitrogen and oxygen atoms in total. The number of aromatic hydroxyl groups is 1. The Morgan fingerprint density at radius 3 is 2.79 bits per heavy atom. The van der Waals surface area contributed by atoms with Gasteiger partial charge in [-0.05, 0) is 24.1 Å². The van der Waals surface area contributed by atoms with E-state index in [4.69, 9.17) is 4.74 Å². The third-order valence-electron chi connectivity index (χ3n) is 4.95. The fraction of sp³-hybridized carbons (Fsp3) is 0.450. The Bertz CT molecular complexity index is 926. The highest BCUT2D eigenvalue weighted by Crippen LogP contribution is 2.30. The van der Waals surface area contributed by atoms with Crippen molar-refractivity contribution in [2.45, 2.75) is 45.2 Å². The van der Waals surface area contributed by atoms with E-state index in [9.17, 15) is 19.1 Å². The van der Waals surface area contributed by atoms with Gasteiger partial charge in [0.2, 0.25) is 5.75 Å². The number of aromatic nitrogens is 2. The van der Waals surface area contributed by atoms with Crippen molar-refractivity contribution in [3.63, 3.8) is 0 Å². The molecule has 1 atom stereocenters. The first-order valence-corrected chi connectivity index (χ1v) is 9.30. The van der Waals surface area contributed by atoms with E-state index in [0.717, 1.165) is 12.8 Å². The van der Waals surface area contributed by atoms with E-state index in [1.807, 2.05) is 13.8 Å². The van der Waals surface area contributed by atoms with Gasteiger partial charge in [0.25, 0.3) is 11.5 Å². The summed E-state index contributed by atoms with van der Waals surface area (Å²) in [6, 6.07) is 5.68. The zero-order valence-electron chi connectivity index (χ0n) is 16.0. The molecular formula is C20H24FN3O4. The molecule has 0 fully saturated rings. The molecule has 0 aliphatic carbocycles. The summed E-state index contributed by atoms with van der Waals surface area (Å²) in [4.78, 5) is 29.7. The Kier molecular flexibility index (Phi) is 5.79. The molecule has 0 saturated carbocycles. The minimum absolute atomic E-state index is 0.119. The number of halogens is 1. The Labute approximate surface area is 162 Å². The van der Waals surface area contributed by atoms with Crippen LogP contribution in [0.1, 0.15) is 48.6 Å². The minimum atomic E-state index is -0.680. The van der Waals surface area contributed by atoms with Crippen LogP contribution in [0.5, 0.6) is 5.75 Å². The Hall–Kier alpha value is -2.74. The van der Waals surface area contributed by atoms with Crippen LogP contribution < -0.4 is 10.9 Å². The fourth-order valence-electron chi connectivity index (χ4n) is 3.49. The van der Waals surface area contributed by atoms with Gasteiger partial charge in [0.1, 0.15) is 11.6 Å². The maximum absolute atomic E-state index is 13.0. The van der Waals surface area contributed by atoms with Gasteiger partial charge in [-0.25, -0.2) is 9.37 Å². The van der Waals surface area contributed by atoms with Crippen LogP contribution in [-0.4, -0.2) is 33.8 Å². The summed E-state index contributed by atoms with van der Waals surface area (Å²) in [6.07, 6.45) is 1.57. The highest BCUT2D eigenvalue weighted by atomic mass is 19.1. The minimum Gasteiger partial charge on any atom is -0.501 e. The number of nitrogens with one attached hydrogen (secondary N) is 1. The van der Waals surface area contributed by atoms with Crippen LogP contribution in [0.3, 0.4) is 0 Å². The number of hydrogen-bond donors (Lipinski definition) is 2. The summed E-state index contributed by atoms with van der Waals surface area (Å²) in [7, 11) is 0. The number of hydrogen-bond acceptors (Lipinski definition) is 5. The van der Waals surface area contributed by atoms with E-state index in [1.54, 1.807) is 12.1 Å². The summed E-state index contributed by atoms with van der Waals surface area (Å²) >= 11 is 0. The molecule has 1 aromatic heterocycles. The maximum atomic E-state index is 13.0. The molecule has 28 heavy (non-hydrogen) atoms. The van der Waals surface area contributed by atoms with Crippen molar-refractivity contribution < 1.29 is 19.0 Å². The SMILES string of the molecule is CCCC1(C)COCCn2c1nc(C(=O)NCc1ccc(F)cc1)c(O)c2=O. The van der Waals surface area contributed by atoms with Crippen molar-refractivity contribution in [3.8, 4) is 5.75 Å². The van der Waals surface area contributed by atoms with E-state index in [0.29, 0.717) is 24.6 Å². The van der Waals surface area contributed by atoms with Crippen LogP contribution in [0.4, 0.5) is 4.39 Å². The monoisotopic (exact) mass is 389 g/mol. The third kappa shape index (κ3) is 3.91. The molecular weight excluding hydrogens is 365 g/mol. The van der Waals surface area contributed by atoms with Gasteiger partial charge < -0.3 is 15.2 Å². The lowest BCUT2D eigenvalue weighted by molar-refractivity contribution is 0.0916. The Morgan fingerprint density at radius 1 is 1.39 bits per heavy atom. The summed E-state index contributed by atoms with van der Waals surface area (Å²) in [6.45, 7) is 5.07. The second kappa shape index (κ2) is 8.10. The average molecular weight is 389 g/mol. The average Bonchev–Trinajstić information content (AvgIpc) is 2.83. The van der Waals surface area contributed by atoms with Crippen LogP contribution in [0.25, 0.3) is 0 Å². The van der Waals surface area contributed by atoms with Gasteiger partial charge in [0.15, 0.2) is 5.69 Å². The van der Waals surface area contributed by atoms with Crippen molar-refractivity contribution in [3.05, 3.63) is 57.5 Å². The Balaban J connectivity index is 1.94. The topological polar surface area (TPSA) is 93.5 Å². The standard InChI is InChI=1S/C20H24FN3O4/c1-3-8-20(2)12-28-10-9-24-18(27)16(25)15(23-19(20)24)17(26)22-11-13-4-6-14(21)7-5-13/h4-7,25H,3,8-12H2,1-2H3,(H,22,26). The quantitative estimate of drug-likeness (QED) is 0.817. The molecule has 0 radical (unpaired) electrons. The first-order chi connectivity index (χ1) is 13.4. The number of benzene rings is 1. The van der Waals surface area contributed by atoms with Gasteiger partial charge in [-0.3, -0.25) is 14.2 Å². The second-order valence-electron chi connectivity index (χ2n) is 7.26. The predicted molar refractivity (Wildman–Crippen MR) is 101 cm³/mol. The number of carbonyl (C=O) groups is 1. The largest absolute Gasteiger partial charge is 0.501 e. The molecule has 0 saturated heterocycles. The summed E-state index contributed by atoms with van der Waals surface area (Å²) in [5.74, 6) is -1.26. The number of ether oxygens (including phenoxy) is 1. The van der Waals surface area contributed by atoms with Crippen LogP contribution >= 0.6 is 0 Å². The number of nitrogens with zero attached hydrogens (tertiary/aromatic N) is 2. The van der Waals surface area contributed by atoms with E-state index < -0.39 is 22.6 Å². The van der Waals surface area contributed by atoms with Crippen LogP contribution in [0.15, 0.2) is 29.1 Å². The van der Waals surface area contributed by atoms with Gasteiger partial charge in [-0.1, -0.05) is 32.4 Å². The molecule has 3 rings (SSSR count). The van der Waals surface area contributed by atoms with E-state index in [-0.39, 0.29) is 24.6 Å². The molecule has 0 bridgehead atoms. The number of carbonyl (C=O) groups excluding carboxylic acids is 1. The molecule has 1 aliphatic heterocycles. The lowest BCUT2D eigenvalue weighted by Gasteiger charge is -2.28. The molecule has 2 N–H and O–H groups in total. The predicted octanol–water partition coefficient (Wildman–Crippen LogP) is 2.11. The zero-order chi connectivity index (χ0) is 20.3. The molecule has 1 amide bonds. The molecule has 2 heterocycles. The summed E-state index contributed by atoms with van der Waals surface area (Å²) in [5.41, 5.74) is -0.804. The van der Waals surface area contributed by atoms with Gasteiger partial charge in [-0.2, -0.15) is 0 Å². The summed E-state index contributed by atoms with van der Waals surface area (Å²) < 4.78 is 20.0. The highest BCUT2D eigenvalue weighted by molar-refractivity contribution is 5.94. The number of amides is 1. The number of rotatable bonds is 5. The van der Waals surface area contributed by atoms with Crippen LogP contribution in [0, 0.1) is 5.82 Å². The molecule has 2 aromatic rings. The molecule has 1 aliphatic rings. The first kappa shape index (κ1) is 20.0. The smallest absolute Gasteiger partial charge is 0.296 e. The highest BCUT2D eigenvalue weighted by Gasteiger charge is 2.35. The second-order valence-corrected chi connectivity index (χ2v) is 7.26. The maximum Gasteiger partial charge on any atom is 0.296 e. The zero-order valence-corrected chi connectivity index (χ0v) is 16.0. The molecule has 1 unspecified atom stereocenters. The Morgan fingerprint density at radius 2 is 2.11 bits per heavy atom. The molecule has 8 heteroatoms. The lowest BCUT2D eigenvalue weighted by Crippen LogP contribution is -2.38. The van der Waals surface area contributed by atoms with Gasteiger partial charge in [-0.15, -0.1) is 0 Å². The fourth-order valence-corrected chi connectivity index (χ4v) is 3.49. The van der Waals surface area contributed by atoms with Crippen molar-refractivity contribution in [1.29, 1.82) is 0 Å². The normalized spacial score (nSPS) is 19.0. The van der Waals surface area contributed by atoms with Crippen LogP contribution in [-0.2, 0) is 23.2 Å². The van der Waals surface area contributed by atoms with E-state index in [2.05, 4.69) is 10.3 Å². The van der Waals surface area contributed by atoms with Gasteiger partial charge >= 0.3 is 0 Å². The molecule has 150 valence electrons. The first-order valence-electron chi connectivity index (χ1n) is 9.30. The third-order valence-corrected chi connectivity index (χ3v) is 4.95. The molecule has 0 spiro atoms. The van der Waals surface area contributed by atoms with Crippen molar-refractivity contribution >= 4 is 5.91 Å². The van der Waals surface area contributed by atoms with Crippen molar-refractivity contribution in [2.24, 2.45) is 0 Å².